The molecule has 0 amide bonds. The summed E-state index contributed by atoms with van der Waals surface area (Å²) in [4.78, 5) is 0. The summed E-state index contributed by atoms with van der Waals surface area (Å²) in [6.45, 7) is 15.6. The average molecular weight is 473 g/mol. The topological polar surface area (TPSA) is 0 Å². The zero-order valence-electron chi connectivity index (χ0n) is 16.2. The molecule has 3 aromatic carbocycles. The fourth-order valence-corrected chi connectivity index (χ4v) is 3.59. The van der Waals surface area contributed by atoms with E-state index in [1.807, 2.05) is 0 Å². The zero-order chi connectivity index (χ0) is 19.1. The van der Waals surface area contributed by atoms with Gasteiger partial charge in [-0.1, -0.05) is 40.7 Å². The molecule has 0 aliphatic rings. The third-order valence-electron chi connectivity index (χ3n) is 4.93. The second-order valence-electron chi connectivity index (χ2n) is 6.43. The van der Waals surface area contributed by atoms with Crippen LogP contribution in [0.4, 0.5) is 0 Å². The Morgan fingerprint density at radius 1 is 0.960 bits per heavy atom. The molecule has 4 heteroatoms. The maximum absolute atomic E-state index is 4.93. The van der Waals surface area contributed by atoms with Crippen molar-refractivity contribution in [3.05, 3.63) is 64.2 Å². The van der Waals surface area contributed by atoms with Crippen molar-refractivity contribution in [2.45, 2.75) is 34.6 Å². The van der Waals surface area contributed by atoms with Crippen LogP contribution in [0.25, 0.3) is 10.8 Å². The predicted molar refractivity (Wildman–Crippen MR) is 115 cm³/mol. The van der Waals surface area contributed by atoms with E-state index in [1.54, 1.807) is 0 Å². The molecule has 0 heterocycles. The number of hydrogen-bond acceptors (Lipinski definition) is 0. The molecule has 0 saturated heterocycles. The summed E-state index contributed by atoms with van der Waals surface area (Å²) in [6.07, 6.45) is 0. The Morgan fingerprint density at radius 3 is 1.80 bits per heavy atom. The third kappa shape index (κ3) is 6.32. The van der Waals surface area contributed by atoms with Gasteiger partial charge in [0.05, 0.1) is 0 Å². The van der Waals surface area contributed by atoms with Crippen molar-refractivity contribution >= 4 is 41.0 Å². The minimum atomic E-state index is -0.826. The van der Waals surface area contributed by atoms with Crippen molar-refractivity contribution in [3.63, 3.8) is 0 Å². The molecule has 0 spiro atoms. The zero-order valence-corrected chi connectivity index (χ0v) is 21.0. The molecule has 25 heavy (non-hydrogen) atoms. The van der Waals surface area contributed by atoms with Crippen molar-refractivity contribution in [2.75, 3.05) is 13.3 Å². The van der Waals surface area contributed by atoms with E-state index in [0.717, 1.165) is 0 Å². The van der Waals surface area contributed by atoms with Gasteiger partial charge in [0.1, 0.15) is 0 Å². The van der Waals surface area contributed by atoms with Crippen LogP contribution in [0.15, 0.2) is 36.4 Å². The Morgan fingerprint density at radius 2 is 1.44 bits per heavy atom. The molecule has 0 unspecified atom stereocenters. The van der Waals surface area contributed by atoms with E-state index in [0.29, 0.717) is 0 Å². The normalized spacial score (nSPS) is 10.0. The van der Waals surface area contributed by atoms with Crippen molar-refractivity contribution < 1.29 is 20.8 Å². The Bertz CT molecular complexity index is 686. The van der Waals surface area contributed by atoms with Crippen molar-refractivity contribution in [2.24, 2.45) is 0 Å². The Hall–Kier alpha value is 0.0731. The van der Waals surface area contributed by atoms with E-state index in [2.05, 4.69) is 84.3 Å². The van der Waals surface area contributed by atoms with Gasteiger partial charge >= 0.3 is 37.9 Å². The van der Waals surface area contributed by atoms with Crippen molar-refractivity contribution in [1.82, 2.24) is 0 Å². The van der Waals surface area contributed by atoms with Crippen molar-refractivity contribution in [1.29, 1.82) is 0 Å². The molecular weight excluding hydrogens is 445 g/mol. The molecule has 0 aliphatic carbocycles. The van der Waals surface area contributed by atoms with Crippen LogP contribution >= 0.6 is 24.9 Å². The van der Waals surface area contributed by atoms with Crippen LogP contribution in [0.1, 0.15) is 27.8 Å². The van der Waals surface area contributed by atoms with E-state index < -0.39 is 20.8 Å². The summed E-state index contributed by atoms with van der Waals surface area (Å²) >= 11 is -0.826. The number of halogens is 2. The fraction of sp³-hybridized carbons (Fsp3) is 0.333. The molecule has 0 aromatic heterocycles. The first-order valence-electron chi connectivity index (χ1n) is 8.23. The summed E-state index contributed by atoms with van der Waals surface area (Å²) in [7, 11) is 9.93. The SMILES string of the molecule is CP(C)c1cc2ccccc2[cH-]1.Cc1c(C)c(C)[c-](C)c1C.[Cl][Zr+2][Cl]. The minimum absolute atomic E-state index is 0.0576. The van der Waals surface area contributed by atoms with E-state index in [9.17, 15) is 0 Å². The van der Waals surface area contributed by atoms with Gasteiger partial charge < -0.3 is 0 Å². The number of rotatable bonds is 1. The van der Waals surface area contributed by atoms with Gasteiger partial charge in [0.25, 0.3) is 0 Å². The number of benzene rings is 1. The summed E-state index contributed by atoms with van der Waals surface area (Å²) in [5, 5.41) is 4.26. The summed E-state index contributed by atoms with van der Waals surface area (Å²) in [5.74, 6) is 0. The molecule has 0 nitrogen and oxygen atoms in total. The fourth-order valence-electron chi connectivity index (χ4n) is 2.80. The van der Waals surface area contributed by atoms with Gasteiger partial charge in [-0.25, -0.2) is 0 Å². The van der Waals surface area contributed by atoms with Gasteiger partial charge in [-0.2, -0.15) is 33.9 Å². The first kappa shape index (κ1) is 23.1. The van der Waals surface area contributed by atoms with Gasteiger partial charge in [0, 0.05) is 0 Å². The predicted octanol–water partition coefficient (Wildman–Crippen LogP) is 7.25. The monoisotopic (exact) mass is 470 g/mol. The first-order valence-corrected chi connectivity index (χ1v) is 16.8. The summed E-state index contributed by atoms with van der Waals surface area (Å²) < 4.78 is 0. The molecule has 0 atom stereocenters. The Balaban J connectivity index is 0.000000220. The van der Waals surface area contributed by atoms with Gasteiger partial charge in [0.2, 0.25) is 0 Å². The van der Waals surface area contributed by atoms with Crippen LogP contribution in [-0.4, -0.2) is 13.3 Å². The third-order valence-corrected chi connectivity index (χ3v) is 6.22. The molecule has 0 bridgehead atoms. The van der Waals surface area contributed by atoms with Gasteiger partial charge in [-0.15, -0.1) is 48.3 Å². The molecule has 0 N–H and O–H groups in total. The maximum atomic E-state index is 4.93. The van der Waals surface area contributed by atoms with Crippen LogP contribution in [0.3, 0.4) is 0 Å². The second kappa shape index (κ2) is 11.0. The van der Waals surface area contributed by atoms with Gasteiger partial charge in [0.15, 0.2) is 0 Å². The quantitative estimate of drug-likeness (QED) is 0.259. The molecule has 0 saturated carbocycles. The first-order chi connectivity index (χ1) is 11.7. The van der Waals surface area contributed by atoms with Gasteiger partial charge in [-0.05, 0) is 13.3 Å². The number of hydrogen-bond donors (Lipinski definition) is 0. The summed E-state index contributed by atoms with van der Waals surface area (Å²) in [6, 6.07) is 13.2. The Kier molecular flexibility index (Phi) is 10.2. The van der Waals surface area contributed by atoms with E-state index in [4.69, 9.17) is 17.0 Å². The van der Waals surface area contributed by atoms with E-state index in [1.165, 1.54) is 43.9 Å². The summed E-state index contributed by atoms with van der Waals surface area (Å²) in [5.41, 5.74) is 7.34. The number of fused-ring (bicyclic) bond motifs is 1. The van der Waals surface area contributed by atoms with Gasteiger partial charge in [-0.3, -0.25) is 0 Å². The molecule has 0 aliphatic heterocycles. The average Bonchev–Trinajstić information content (AvgIpc) is 3.10. The van der Waals surface area contributed by atoms with Crippen LogP contribution in [0.5, 0.6) is 0 Å². The Labute approximate surface area is 173 Å². The molecule has 3 rings (SSSR count). The molecule has 0 fully saturated rings. The molecular formula is C21H27Cl2PZr. The standard InChI is InChI=1S/C11H12P.C10H15.2ClH.Zr/c1-12(2)11-7-9-5-3-4-6-10(9)8-11;1-6-7(2)9(4)10(5)8(6)3;;;/h3-8H,1-2H3;1-5H3;2*1H;/q2*-1;;;+4/p-2. The van der Waals surface area contributed by atoms with E-state index >= 15 is 0 Å². The van der Waals surface area contributed by atoms with Crippen LogP contribution in [-0.2, 0) is 20.8 Å². The molecule has 3 aromatic rings. The molecule has 0 radical (unpaired) electrons. The van der Waals surface area contributed by atoms with E-state index in [-0.39, 0.29) is 7.92 Å². The van der Waals surface area contributed by atoms with Crippen LogP contribution in [0, 0.1) is 34.6 Å². The van der Waals surface area contributed by atoms with Crippen LogP contribution in [0.2, 0.25) is 0 Å². The molecule has 134 valence electrons. The van der Waals surface area contributed by atoms with Crippen LogP contribution < -0.4 is 5.30 Å². The van der Waals surface area contributed by atoms with Crippen molar-refractivity contribution in [3.8, 4) is 0 Å². The second-order valence-corrected chi connectivity index (χ2v) is 12.5.